The van der Waals surface area contributed by atoms with Crippen molar-refractivity contribution >= 4 is 5.78 Å². The second-order valence-electron chi connectivity index (χ2n) is 5.20. The molecule has 1 aliphatic rings. The predicted octanol–water partition coefficient (Wildman–Crippen LogP) is 3.33. The van der Waals surface area contributed by atoms with Gasteiger partial charge in [0.15, 0.2) is 0 Å². The molecule has 1 aromatic rings. The van der Waals surface area contributed by atoms with Crippen LogP contribution in [0, 0.1) is 0 Å². The topological polar surface area (TPSA) is 35.5 Å². The number of fused-ring (bicyclic) bond motifs is 1. The van der Waals surface area contributed by atoms with Crippen LogP contribution < -0.4 is 4.74 Å². The fourth-order valence-corrected chi connectivity index (χ4v) is 2.49. The van der Waals surface area contributed by atoms with Crippen molar-refractivity contribution in [3.63, 3.8) is 0 Å². The normalized spacial score (nSPS) is 19.4. The third kappa shape index (κ3) is 3.80. The number of methoxy groups -OCH3 is 1. The number of para-hydroxylation sites is 1. The van der Waals surface area contributed by atoms with Crippen molar-refractivity contribution in [3.8, 4) is 5.75 Å². The van der Waals surface area contributed by atoms with E-state index >= 15 is 0 Å². The molecule has 104 valence electrons. The first kappa shape index (κ1) is 14.1. The van der Waals surface area contributed by atoms with Crippen LogP contribution in [-0.2, 0) is 9.53 Å². The van der Waals surface area contributed by atoms with Crippen molar-refractivity contribution in [3.05, 3.63) is 29.8 Å². The predicted molar refractivity (Wildman–Crippen MR) is 74.6 cm³/mol. The van der Waals surface area contributed by atoms with Gasteiger partial charge in [-0.15, -0.1) is 0 Å². The first-order valence-corrected chi connectivity index (χ1v) is 6.97. The summed E-state index contributed by atoms with van der Waals surface area (Å²) in [6.07, 6.45) is 3.12. The minimum absolute atomic E-state index is 0.158. The molecule has 1 aromatic carbocycles. The second-order valence-corrected chi connectivity index (χ2v) is 5.20. The molecule has 3 nitrogen and oxygen atoms in total. The number of carbonyl (C=O) groups is 1. The highest BCUT2D eigenvalue weighted by Gasteiger charge is 2.23. The molecule has 2 unspecified atom stereocenters. The Balaban J connectivity index is 1.91. The van der Waals surface area contributed by atoms with E-state index < -0.39 is 0 Å². The Morgan fingerprint density at radius 2 is 2.26 bits per heavy atom. The van der Waals surface area contributed by atoms with E-state index in [0.717, 1.165) is 18.6 Å². The molecule has 0 aromatic heterocycles. The molecule has 1 aliphatic heterocycles. The van der Waals surface area contributed by atoms with Crippen molar-refractivity contribution in [1.82, 2.24) is 0 Å². The van der Waals surface area contributed by atoms with Gasteiger partial charge in [0, 0.05) is 20.0 Å². The summed E-state index contributed by atoms with van der Waals surface area (Å²) in [6, 6.07) is 8.05. The minimum atomic E-state index is 0.158. The maximum Gasteiger partial charge on any atom is 0.133 e. The van der Waals surface area contributed by atoms with Crippen LogP contribution in [0.25, 0.3) is 0 Å². The molecule has 0 radical (unpaired) electrons. The molecular formula is C16H22O3. The first-order valence-electron chi connectivity index (χ1n) is 6.97. The summed E-state index contributed by atoms with van der Waals surface area (Å²) in [5.41, 5.74) is 1.18. The Labute approximate surface area is 114 Å². The van der Waals surface area contributed by atoms with E-state index in [1.165, 1.54) is 5.56 Å². The molecule has 0 N–H and O–H groups in total. The number of ketones is 1. The highest BCUT2D eigenvalue weighted by atomic mass is 16.5. The smallest absolute Gasteiger partial charge is 0.133 e. The zero-order valence-electron chi connectivity index (χ0n) is 11.7. The Kier molecular flexibility index (Phi) is 4.97. The first-order chi connectivity index (χ1) is 9.20. The van der Waals surface area contributed by atoms with Crippen molar-refractivity contribution in [2.24, 2.45) is 0 Å². The molecule has 19 heavy (non-hydrogen) atoms. The van der Waals surface area contributed by atoms with E-state index in [4.69, 9.17) is 9.47 Å². The van der Waals surface area contributed by atoms with Gasteiger partial charge in [0.25, 0.3) is 0 Å². The lowest BCUT2D eigenvalue weighted by Crippen LogP contribution is -2.17. The van der Waals surface area contributed by atoms with Gasteiger partial charge in [-0.1, -0.05) is 18.2 Å². The largest absolute Gasteiger partial charge is 0.493 e. The van der Waals surface area contributed by atoms with Crippen molar-refractivity contribution in [2.45, 2.75) is 44.6 Å². The number of benzene rings is 1. The Hall–Kier alpha value is -1.35. The number of hydrogen-bond acceptors (Lipinski definition) is 3. The molecule has 0 aliphatic carbocycles. The Morgan fingerprint density at radius 1 is 1.47 bits per heavy atom. The molecule has 0 spiro atoms. The van der Waals surface area contributed by atoms with Gasteiger partial charge in [0.1, 0.15) is 11.5 Å². The van der Waals surface area contributed by atoms with Crippen molar-refractivity contribution in [1.29, 1.82) is 0 Å². The Morgan fingerprint density at radius 3 is 3.05 bits per heavy atom. The van der Waals surface area contributed by atoms with Crippen LogP contribution in [-0.4, -0.2) is 25.6 Å². The summed E-state index contributed by atoms with van der Waals surface area (Å²) in [5, 5.41) is 0. The SMILES string of the molecule is COC(C)CCC(=O)CC1CCOc2ccccc21. The summed E-state index contributed by atoms with van der Waals surface area (Å²) in [7, 11) is 1.68. The van der Waals surface area contributed by atoms with E-state index in [9.17, 15) is 4.79 Å². The van der Waals surface area contributed by atoms with Crippen LogP contribution in [0.2, 0.25) is 0 Å². The van der Waals surface area contributed by atoms with Crippen molar-refractivity contribution in [2.75, 3.05) is 13.7 Å². The highest BCUT2D eigenvalue weighted by molar-refractivity contribution is 5.79. The quantitative estimate of drug-likeness (QED) is 0.789. The van der Waals surface area contributed by atoms with Gasteiger partial charge in [0.05, 0.1) is 12.7 Å². The lowest BCUT2D eigenvalue weighted by molar-refractivity contribution is -0.120. The zero-order chi connectivity index (χ0) is 13.7. The fourth-order valence-electron chi connectivity index (χ4n) is 2.49. The van der Waals surface area contributed by atoms with Crippen molar-refractivity contribution < 1.29 is 14.3 Å². The molecule has 0 fully saturated rings. The van der Waals surface area contributed by atoms with Gasteiger partial charge in [-0.25, -0.2) is 0 Å². The molecule has 0 saturated heterocycles. The lowest BCUT2D eigenvalue weighted by Gasteiger charge is -2.25. The van der Waals surface area contributed by atoms with Crippen LogP contribution in [0.5, 0.6) is 5.75 Å². The minimum Gasteiger partial charge on any atom is -0.493 e. The lowest BCUT2D eigenvalue weighted by atomic mass is 9.88. The third-order valence-corrected chi connectivity index (χ3v) is 3.79. The summed E-state index contributed by atoms with van der Waals surface area (Å²) in [5.74, 6) is 1.58. The molecule has 3 heteroatoms. The number of ether oxygens (including phenoxy) is 2. The monoisotopic (exact) mass is 262 g/mol. The molecule has 1 heterocycles. The molecular weight excluding hydrogens is 240 g/mol. The van der Waals surface area contributed by atoms with Gasteiger partial charge in [-0.3, -0.25) is 4.79 Å². The standard InChI is InChI=1S/C16H22O3/c1-12(18-2)7-8-14(17)11-13-9-10-19-16-6-4-3-5-15(13)16/h3-6,12-13H,7-11H2,1-2H3. The van der Waals surface area contributed by atoms with Gasteiger partial charge in [0.2, 0.25) is 0 Å². The van der Waals surface area contributed by atoms with E-state index in [1.54, 1.807) is 7.11 Å². The van der Waals surface area contributed by atoms with E-state index in [0.29, 0.717) is 31.1 Å². The van der Waals surface area contributed by atoms with Crippen LogP contribution in [0.4, 0.5) is 0 Å². The molecule has 2 atom stereocenters. The summed E-state index contributed by atoms with van der Waals surface area (Å²) >= 11 is 0. The molecule has 0 bridgehead atoms. The summed E-state index contributed by atoms with van der Waals surface area (Å²) in [4.78, 5) is 12.0. The average Bonchev–Trinajstić information content (AvgIpc) is 2.45. The van der Waals surface area contributed by atoms with E-state index in [-0.39, 0.29) is 6.10 Å². The maximum absolute atomic E-state index is 12.0. The summed E-state index contributed by atoms with van der Waals surface area (Å²) in [6.45, 7) is 2.71. The number of Topliss-reactive ketones (excluding diaryl/α,β-unsaturated/α-hetero) is 1. The van der Waals surface area contributed by atoms with E-state index in [1.807, 2.05) is 25.1 Å². The number of rotatable bonds is 6. The van der Waals surface area contributed by atoms with Crippen LogP contribution in [0.1, 0.15) is 44.1 Å². The highest BCUT2D eigenvalue weighted by Crippen LogP contribution is 2.35. The van der Waals surface area contributed by atoms with Gasteiger partial charge >= 0.3 is 0 Å². The van der Waals surface area contributed by atoms with Crippen LogP contribution >= 0.6 is 0 Å². The van der Waals surface area contributed by atoms with Crippen LogP contribution in [0.15, 0.2) is 24.3 Å². The van der Waals surface area contributed by atoms with Gasteiger partial charge in [-0.2, -0.15) is 0 Å². The van der Waals surface area contributed by atoms with Gasteiger partial charge < -0.3 is 9.47 Å². The van der Waals surface area contributed by atoms with E-state index in [2.05, 4.69) is 6.07 Å². The maximum atomic E-state index is 12.0. The Bertz CT molecular complexity index is 428. The number of carbonyl (C=O) groups excluding carboxylic acids is 1. The molecule has 0 saturated carbocycles. The molecule has 0 amide bonds. The fraction of sp³-hybridized carbons (Fsp3) is 0.562. The zero-order valence-corrected chi connectivity index (χ0v) is 11.7. The molecule has 2 rings (SSSR count). The van der Waals surface area contributed by atoms with Crippen LogP contribution in [0.3, 0.4) is 0 Å². The second kappa shape index (κ2) is 6.71. The third-order valence-electron chi connectivity index (χ3n) is 3.79. The van der Waals surface area contributed by atoms with Gasteiger partial charge in [-0.05, 0) is 37.3 Å². The number of hydrogen-bond donors (Lipinski definition) is 0. The average molecular weight is 262 g/mol. The summed E-state index contributed by atoms with van der Waals surface area (Å²) < 4.78 is 10.8.